The van der Waals surface area contributed by atoms with Gasteiger partial charge in [0.1, 0.15) is 16.8 Å². The van der Waals surface area contributed by atoms with Crippen LogP contribution in [-0.2, 0) is 5.41 Å². The summed E-state index contributed by atoms with van der Waals surface area (Å²) in [5, 5.41) is 0.197. The van der Waals surface area contributed by atoms with Crippen LogP contribution in [0.4, 0.5) is 8.78 Å². The summed E-state index contributed by atoms with van der Waals surface area (Å²) in [6, 6.07) is 4.41. The van der Waals surface area contributed by atoms with E-state index < -0.39 is 11.6 Å². The molecule has 0 atom stereocenters. The van der Waals surface area contributed by atoms with Crippen LogP contribution in [0.25, 0.3) is 0 Å². The maximum absolute atomic E-state index is 13.5. The van der Waals surface area contributed by atoms with E-state index in [1.54, 1.807) is 0 Å². The molecular formula is C14H13ClF2N2O. The highest BCUT2D eigenvalue weighted by atomic mass is 35.5. The summed E-state index contributed by atoms with van der Waals surface area (Å²) in [4.78, 5) is 8.29. The molecule has 0 aliphatic carbocycles. The summed E-state index contributed by atoms with van der Waals surface area (Å²) >= 11 is 5.90. The zero-order valence-electron chi connectivity index (χ0n) is 11.2. The molecule has 6 heteroatoms. The Kier molecular flexibility index (Phi) is 3.90. The van der Waals surface area contributed by atoms with Gasteiger partial charge in [-0.05, 0) is 12.1 Å². The number of hydrogen-bond donors (Lipinski definition) is 0. The van der Waals surface area contributed by atoms with Gasteiger partial charge in [-0.3, -0.25) is 0 Å². The number of aromatic nitrogens is 2. The van der Waals surface area contributed by atoms with Crippen molar-refractivity contribution in [3.63, 3.8) is 0 Å². The second kappa shape index (κ2) is 5.32. The molecule has 1 aromatic heterocycles. The van der Waals surface area contributed by atoms with Crippen molar-refractivity contribution in [1.82, 2.24) is 9.97 Å². The fourth-order valence-corrected chi connectivity index (χ4v) is 1.63. The average Bonchev–Trinajstić information content (AvgIpc) is 2.31. The normalized spacial score (nSPS) is 11.5. The van der Waals surface area contributed by atoms with E-state index in [0.29, 0.717) is 5.82 Å². The number of benzene rings is 1. The van der Waals surface area contributed by atoms with Crippen molar-refractivity contribution in [1.29, 1.82) is 0 Å². The fraction of sp³-hybridized carbons (Fsp3) is 0.286. The molecular weight excluding hydrogens is 286 g/mol. The second-order valence-corrected chi connectivity index (χ2v) is 5.67. The monoisotopic (exact) mass is 298 g/mol. The van der Waals surface area contributed by atoms with Gasteiger partial charge in [0.2, 0.25) is 5.88 Å². The maximum Gasteiger partial charge on any atom is 0.224 e. The van der Waals surface area contributed by atoms with Gasteiger partial charge in [0, 0.05) is 17.5 Å². The lowest BCUT2D eigenvalue weighted by Gasteiger charge is -2.17. The Morgan fingerprint density at radius 3 is 2.40 bits per heavy atom. The minimum Gasteiger partial charge on any atom is -0.436 e. The van der Waals surface area contributed by atoms with Crippen molar-refractivity contribution in [2.75, 3.05) is 0 Å². The number of nitrogens with zero attached hydrogens (tertiary/aromatic N) is 2. The summed E-state index contributed by atoms with van der Waals surface area (Å²) in [5.41, 5.74) is -0.329. The van der Waals surface area contributed by atoms with Crippen LogP contribution in [0, 0.1) is 11.6 Å². The summed E-state index contributed by atoms with van der Waals surface area (Å²) < 4.78 is 31.7. The molecule has 0 unspecified atom stereocenters. The van der Waals surface area contributed by atoms with E-state index in [2.05, 4.69) is 9.97 Å². The Balaban J connectivity index is 2.36. The molecule has 2 rings (SSSR count). The Bertz CT molecular complexity index is 642. The third kappa shape index (κ3) is 3.42. The molecule has 0 N–H and O–H groups in total. The van der Waals surface area contributed by atoms with E-state index in [0.717, 1.165) is 12.1 Å². The van der Waals surface area contributed by atoms with Crippen LogP contribution in [-0.4, -0.2) is 9.97 Å². The van der Waals surface area contributed by atoms with Crippen molar-refractivity contribution in [2.24, 2.45) is 0 Å². The van der Waals surface area contributed by atoms with Crippen molar-refractivity contribution in [2.45, 2.75) is 26.2 Å². The predicted octanol–water partition coefficient (Wildman–Crippen LogP) is 4.50. The van der Waals surface area contributed by atoms with Crippen molar-refractivity contribution >= 4 is 11.6 Å². The molecule has 0 bridgehead atoms. The summed E-state index contributed by atoms with van der Waals surface area (Å²) in [6.45, 7) is 5.75. The number of rotatable bonds is 2. The smallest absolute Gasteiger partial charge is 0.224 e. The summed E-state index contributed by atoms with van der Waals surface area (Å²) in [7, 11) is 0. The first-order valence-corrected chi connectivity index (χ1v) is 6.31. The molecule has 0 aliphatic rings. The topological polar surface area (TPSA) is 35.0 Å². The quantitative estimate of drug-likeness (QED) is 0.766. The minimum atomic E-state index is -0.808. The molecule has 2 aromatic rings. The Morgan fingerprint density at radius 1 is 1.10 bits per heavy atom. The van der Waals surface area contributed by atoms with Gasteiger partial charge in [-0.15, -0.1) is 0 Å². The van der Waals surface area contributed by atoms with E-state index in [9.17, 15) is 8.78 Å². The van der Waals surface area contributed by atoms with Crippen LogP contribution < -0.4 is 4.74 Å². The lowest BCUT2D eigenvalue weighted by Crippen LogP contribution is -2.16. The van der Waals surface area contributed by atoms with Crippen molar-refractivity contribution in [3.8, 4) is 11.6 Å². The summed E-state index contributed by atoms with van der Waals surface area (Å²) in [6.07, 6.45) is 0. The van der Waals surface area contributed by atoms with Crippen LogP contribution in [0.5, 0.6) is 11.6 Å². The zero-order valence-corrected chi connectivity index (χ0v) is 12.0. The van der Waals surface area contributed by atoms with E-state index in [-0.39, 0.29) is 22.2 Å². The standard InChI is InChI=1S/C14H13ClF2N2O/c1-14(2,3)13-18-11(15)7-12(19-13)20-10-5-4-8(16)6-9(10)17/h4-7H,1-3H3. The third-order valence-electron chi connectivity index (χ3n) is 2.45. The largest absolute Gasteiger partial charge is 0.436 e. The van der Waals surface area contributed by atoms with Gasteiger partial charge >= 0.3 is 0 Å². The Labute approximate surface area is 120 Å². The molecule has 0 amide bonds. The number of hydrogen-bond acceptors (Lipinski definition) is 3. The van der Waals surface area contributed by atoms with Crippen LogP contribution in [0.2, 0.25) is 5.15 Å². The van der Waals surface area contributed by atoms with Crippen LogP contribution in [0.1, 0.15) is 26.6 Å². The third-order valence-corrected chi connectivity index (χ3v) is 2.64. The fourth-order valence-electron chi connectivity index (χ4n) is 1.46. The van der Waals surface area contributed by atoms with Gasteiger partial charge in [0.05, 0.1) is 0 Å². The second-order valence-electron chi connectivity index (χ2n) is 5.28. The van der Waals surface area contributed by atoms with E-state index in [1.807, 2.05) is 20.8 Å². The molecule has 0 saturated carbocycles. The van der Waals surface area contributed by atoms with Crippen LogP contribution >= 0.6 is 11.6 Å². The lowest BCUT2D eigenvalue weighted by atomic mass is 9.96. The highest BCUT2D eigenvalue weighted by molar-refractivity contribution is 6.29. The van der Waals surface area contributed by atoms with Gasteiger partial charge in [0.25, 0.3) is 0 Å². The highest BCUT2D eigenvalue weighted by Crippen LogP contribution is 2.27. The van der Waals surface area contributed by atoms with Gasteiger partial charge in [-0.25, -0.2) is 13.8 Å². The molecule has 1 aromatic carbocycles. The molecule has 20 heavy (non-hydrogen) atoms. The molecule has 0 radical (unpaired) electrons. The summed E-state index contributed by atoms with van der Waals surface area (Å²) in [5.74, 6) is -1.02. The first-order valence-electron chi connectivity index (χ1n) is 5.94. The van der Waals surface area contributed by atoms with E-state index in [1.165, 1.54) is 12.1 Å². The molecule has 0 aliphatic heterocycles. The first-order chi connectivity index (χ1) is 9.25. The van der Waals surface area contributed by atoms with Gasteiger partial charge in [-0.2, -0.15) is 4.98 Å². The maximum atomic E-state index is 13.5. The molecule has 0 saturated heterocycles. The van der Waals surface area contributed by atoms with E-state index >= 15 is 0 Å². The first kappa shape index (κ1) is 14.7. The minimum absolute atomic E-state index is 0.112. The zero-order chi connectivity index (χ0) is 14.9. The van der Waals surface area contributed by atoms with Crippen LogP contribution in [0.3, 0.4) is 0 Å². The SMILES string of the molecule is CC(C)(C)c1nc(Cl)cc(Oc2ccc(F)cc2F)n1. The highest BCUT2D eigenvalue weighted by Gasteiger charge is 2.19. The number of halogens is 3. The molecule has 0 spiro atoms. The van der Waals surface area contributed by atoms with Crippen LogP contribution in [0.15, 0.2) is 24.3 Å². The van der Waals surface area contributed by atoms with Gasteiger partial charge in [0.15, 0.2) is 11.6 Å². The molecule has 3 nitrogen and oxygen atoms in total. The van der Waals surface area contributed by atoms with Crippen molar-refractivity contribution < 1.29 is 13.5 Å². The Hall–Kier alpha value is -1.75. The predicted molar refractivity (Wildman–Crippen MR) is 72.2 cm³/mol. The van der Waals surface area contributed by atoms with Crippen molar-refractivity contribution in [3.05, 3.63) is 46.9 Å². The molecule has 0 fully saturated rings. The van der Waals surface area contributed by atoms with E-state index in [4.69, 9.17) is 16.3 Å². The van der Waals surface area contributed by atoms with Gasteiger partial charge in [-0.1, -0.05) is 32.4 Å². The molecule has 1 heterocycles. The average molecular weight is 299 g/mol. The molecule has 106 valence electrons. The number of ether oxygens (including phenoxy) is 1. The van der Waals surface area contributed by atoms with Gasteiger partial charge < -0.3 is 4.74 Å². The lowest BCUT2D eigenvalue weighted by molar-refractivity contribution is 0.414. The Morgan fingerprint density at radius 2 is 1.80 bits per heavy atom.